The summed E-state index contributed by atoms with van der Waals surface area (Å²) in [7, 11) is 0. The van der Waals surface area contributed by atoms with Crippen molar-refractivity contribution in [2.75, 3.05) is 13.1 Å². The van der Waals surface area contributed by atoms with Crippen LogP contribution in [0.25, 0.3) is 0 Å². The van der Waals surface area contributed by atoms with Crippen molar-refractivity contribution in [2.45, 2.75) is 38.8 Å². The first-order valence-corrected chi connectivity index (χ1v) is 4.54. The van der Waals surface area contributed by atoms with Crippen LogP contribution in [0.15, 0.2) is 0 Å². The molecule has 1 unspecified atom stereocenters. The van der Waals surface area contributed by atoms with Gasteiger partial charge in [0.25, 0.3) is 0 Å². The van der Waals surface area contributed by atoms with Crippen LogP contribution in [0.2, 0.25) is 0 Å². The van der Waals surface area contributed by atoms with Crippen molar-refractivity contribution >= 4 is 5.78 Å². The Kier molecular flexibility index (Phi) is 3.23. The first-order valence-electron chi connectivity index (χ1n) is 4.54. The second kappa shape index (κ2) is 4.01. The second-order valence-corrected chi connectivity index (χ2v) is 3.55. The first kappa shape index (κ1) is 9.68. The highest BCUT2D eigenvalue weighted by Gasteiger charge is 2.23. The highest BCUT2D eigenvalue weighted by molar-refractivity contribution is 5.80. The third-order valence-corrected chi connectivity index (χ3v) is 2.64. The summed E-state index contributed by atoms with van der Waals surface area (Å²) in [4.78, 5) is 13.2. The summed E-state index contributed by atoms with van der Waals surface area (Å²) in [6, 6.07) is 0.0255. The molecule has 1 aliphatic heterocycles. The highest BCUT2D eigenvalue weighted by atomic mass is 16.3. The molecule has 1 saturated heterocycles. The van der Waals surface area contributed by atoms with E-state index in [2.05, 4.69) is 4.90 Å². The molecule has 0 spiro atoms. The maximum atomic E-state index is 11.0. The number of carbonyl (C=O) groups is 1. The van der Waals surface area contributed by atoms with Crippen LogP contribution in [0.3, 0.4) is 0 Å². The van der Waals surface area contributed by atoms with Crippen LogP contribution in [0.1, 0.15) is 26.7 Å². The van der Waals surface area contributed by atoms with Gasteiger partial charge in [0, 0.05) is 13.1 Å². The van der Waals surface area contributed by atoms with Gasteiger partial charge in [0.05, 0.1) is 12.1 Å². The Hall–Kier alpha value is -0.410. The molecule has 3 heteroatoms. The third-order valence-electron chi connectivity index (χ3n) is 2.64. The number of Topliss-reactive ketones (excluding diaryl/α,β-unsaturated/α-hetero) is 1. The van der Waals surface area contributed by atoms with Crippen molar-refractivity contribution in [2.24, 2.45) is 0 Å². The number of hydrogen-bond acceptors (Lipinski definition) is 3. The van der Waals surface area contributed by atoms with Gasteiger partial charge in [-0.2, -0.15) is 0 Å². The molecule has 0 aromatic rings. The molecule has 1 heterocycles. The van der Waals surface area contributed by atoms with Crippen molar-refractivity contribution < 1.29 is 9.90 Å². The molecular formula is C9H17NO2. The summed E-state index contributed by atoms with van der Waals surface area (Å²) in [6.45, 7) is 5.25. The molecule has 1 fully saturated rings. The van der Waals surface area contributed by atoms with Crippen LogP contribution in [-0.2, 0) is 4.79 Å². The summed E-state index contributed by atoms with van der Waals surface area (Å²) in [5, 5.41) is 9.24. The monoisotopic (exact) mass is 171 g/mol. The zero-order valence-electron chi connectivity index (χ0n) is 7.79. The number of aliphatic hydroxyl groups is 1. The van der Waals surface area contributed by atoms with Gasteiger partial charge in [-0.15, -0.1) is 0 Å². The van der Waals surface area contributed by atoms with Gasteiger partial charge < -0.3 is 5.11 Å². The van der Waals surface area contributed by atoms with Crippen molar-refractivity contribution in [3.8, 4) is 0 Å². The van der Waals surface area contributed by atoms with E-state index in [1.54, 1.807) is 6.92 Å². The van der Waals surface area contributed by atoms with Crippen LogP contribution in [0, 0.1) is 0 Å². The minimum absolute atomic E-state index is 0.0255. The fraction of sp³-hybridized carbons (Fsp3) is 0.889. The molecule has 1 N–H and O–H groups in total. The van der Waals surface area contributed by atoms with E-state index in [-0.39, 0.29) is 17.9 Å². The lowest BCUT2D eigenvalue weighted by molar-refractivity contribution is -0.122. The van der Waals surface area contributed by atoms with Crippen LogP contribution in [-0.4, -0.2) is 41.0 Å². The van der Waals surface area contributed by atoms with Gasteiger partial charge >= 0.3 is 0 Å². The number of carbonyl (C=O) groups excluding carboxylic acids is 1. The van der Waals surface area contributed by atoms with Crippen LogP contribution in [0.4, 0.5) is 0 Å². The molecule has 0 bridgehead atoms. The quantitative estimate of drug-likeness (QED) is 0.654. The van der Waals surface area contributed by atoms with E-state index in [9.17, 15) is 9.90 Å². The lowest BCUT2D eigenvalue weighted by Gasteiger charge is -2.32. The SMILES string of the molecule is CC(=O)C(C)N1CCC(O)CC1. The fourth-order valence-electron chi connectivity index (χ4n) is 1.53. The molecule has 0 radical (unpaired) electrons. The van der Waals surface area contributed by atoms with Crippen molar-refractivity contribution in [1.29, 1.82) is 0 Å². The average molecular weight is 171 g/mol. The Morgan fingerprint density at radius 2 is 2.00 bits per heavy atom. The number of aliphatic hydroxyl groups excluding tert-OH is 1. The fourth-order valence-corrected chi connectivity index (χ4v) is 1.53. The Bertz CT molecular complexity index is 162. The minimum Gasteiger partial charge on any atom is -0.393 e. The summed E-state index contributed by atoms with van der Waals surface area (Å²) in [5.41, 5.74) is 0. The molecule has 1 aliphatic rings. The number of rotatable bonds is 2. The Morgan fingerprint density at radius 1 is 1.50 bits per heavy atom. The first-order chi connectivity index (χ1) is 5.61. The topological polar surface area (TPSA) is 40.5 Å². The van der Waals surface area contributed by atoms with Crippen LogP contribution >= 0.6 is 0 Å². The molecule has 1 rings (SSSR count). The van der Waals surface area contributed by atoms with Gasteiger partial charge in [0.15, 0.2) is 0 Å². The third kappa shape index (κ3) is 2.29. The maximum absolute atomic E-state index is 11.0. The average Bonchev–Trinajstić information content (AvgIpc) is 2.04. The van der Waals surface area contributed by atoms with Gasteiger partial charge in [-0.05, 0) is 26.7 Å². The molecular weight excluding hydrogens is 154 g/mol. The molecule has 0 aliphatic carbocycles. The smallest absolute Gasteiger partial charge is 0.146 e. The van der Waals surface area contributed by atoms with Gasteiger partial charge in [-0.25, -0.2) is 0 Å². The standard InChI is InChI=1S/C9H17NO2/c1-7(8(2)11)10-5-3-9(12)4-6-10/h7,9,12H,3-6H2,1-2H3. The van der Waals surface area contributed by atoms with E-state index in [1.165, 1.54) is 0 Å². The van der Waals surface area contributed by atoms with Crippen LogP contribution < -0.4 is 0 Å². The zero-order chi connectivity index (χ0) is 9.14. The van der Waals surface area contributed by atoms with Crippen molar-refractivity contribution in [1.82, 2.24) is 4.90 Å². The Morgan fingerprint density at radius 3 is 2.42 bits per heavy atom. The summed E-state index contributed by atoms with van der Waals surface area (Å²) >= 11 is 0. The van der Waals surface area contributed by atoms with E-state index >= 15 is 0 Å². The number of ketones is 1. The van der Waals surface area contributed by atoms with Crippen molar-refractivity contribution in [3.63, 3.8) is 0 Å². The molecule has 0 amide bonds. The van der Waals surface area contributed by atoms with E-state index in [4.69, 9.17) is 0 Å². The number of hydrogen-bond donors (Lipinski definition) is 1. The maximum Gasteiger partial charge on any atom is 0.146 e. The Balaban J connectivity index is 2.39. The van der Waals surface area contributed by atoms with Gasteiger partial charge in [0.1, 0.15) is 5.78 Å². The zero-order valence-corrected chi connectivity index (χ0v) is 7.79. The molecule has 12 heavy (non-hydrogen) atoms. The predicted octanol–water partition coefficient (Wildman–Crippen LogP) is 0.421. The molecule has 0 aromatic carbocycles. The second-order valence-electron chi connectivity index (χ2n) is 3.55. The number of likely N-dealkylation sites (tertiary alicyclic amines) is 1. The predicted molar refractivity (Wildman–Crippen MR) is 47.0 cm³/mol. The van der Waals surface area contributed by atoms with Gasteiger partial charge in [-0.1, -0.05) is 0 Å². The summed E-state index contributed by atoms with van der Waals surface area (Å²) in [5.74, 6) is 0.214. The molecule has 0 aromatic heterocycles. The van der Waals surface area contributed by atoms with E-state index in [0.29, 0.717) is 0 Å². The van der Waals surface area contributed by atoms with Crippen molar-refractivity contribution in [3.05, 3.63) is 0 Å². The van der Waals surface area contributed by atoms with Gasteiger partial charge in [0.2, 0.25) is 0 Å². The molecule has 70 valence electrons. The largest absolute Gasteiger partial charge is 0.393 e. The summed E-state index contributed by atoms with van der Waals surface area (Å²) in [6.07, 6.45) is 1.45. The van der Waals surface area contributed by atoms with Gasteiger partial charge in [-0.3, -0.25) is 9.69 Å². The lowest BCUT2D eigenvalue weighted by Crippen LogP contribution is -2.44. The number of nitrogens with zero attached hydrogens (tertiary/aromatic N) is 1. The van der Waals surface area contributed by atoms with Crippen LogP contribution in [0.5, 0.6) is 0 Å². The van der Waals surface area contributed by atoms with E-state index < -0.39 is 0 Å². The minimum atomic E-state index is -0.152. The lowest BCUT2D eigenvalue weighted by atomic mass is 10.1. The Labute approximate surface area is 73.4 Å². The number of piperidine rings is 1. The normalized spacial score (nSPS) is 23.9. The van der Waals surface area contributed by atoms with E-state index in [0.717, 1.165) is 25.9 Å². The molecule has 0 saturated carbocycles. The molecule has 1 atom stereocenters. The highest BCUT2D eigenvalue weighted by Crippen LogP contribution is 2.12. The van der Waals surface area contributed by atoms with E-state index in [1.807, 2.05) is 6.92 Å². The molecule has 3 nitrogen and oxygen atoms in total. The summed E-state index contributed by atoms with van der Waals surface area (Å²) < 4.78 is 0.